The maximum Gasteiger partial charge on any atom is 0.490 e. The van der Waals surface area contributed by atoms with E-state index < -0.39 is 42.9 Å². The number of carbonyl (C=O) groups excluding carboxylic acids is 3. The van der Waals surface area contributed by atoms with E-state index in [4.69, 9.17) is 47.1 Å². The van der Waals surface area contributed by atoms with Crippen LogP contribution in [0.15, 0.2) is 12.4 Å². The van der Waals surface area contributed by atoms with Crippen molar-refractivity contribution >= 4 is 35.6 Å². The Morgan fingerprint density at radius 1 is 0.757 bits per heavy atom. The average Bonchev–Trinajstić information content (AvgIpc) is 4.05. The van der Waals surface area contributed by atoms with Gasteiger partial charge in [-0.2, -0.15) is 28.1 Å². The van der Waals surface area contributed by atoms with E-state index in [0.29, 0.717) is 128 Å². The number of nitrogens with one attached hydrogen (secondary N) is 1. The number of rotatable bonds is 26. The summed E-state index contributed by atoms with van der Waals surface area (Å²) in [4.78, 5) is 61.4. The first kappa shape index (κ1) is 57.1. The van der Waals surface area contributed by atoms with Gasteiger partial charge in [0.25, 0.3) is 0 Å². The quantitative estimate of drug-likeness (QED) is 0.0357. The Hall–Kier alpha value is -5.50. The number of amides is 2. The number of ether oxygens (including phenoxy) is 4. The summed E-state index contributed by atoms with van der Waals surface area (Å²) in [6.07, 6.45) is 4.32. The van der Waals surface area contributed by atoms with Gasteiger partial charge in [-0.15, -0.1) is 16.6 Å². The molecule has 70 heavy (non-hydrogen) atoms. The van der Waals surface area contributed by atoms with Crippen LogP contribution in [0.3, 0.4) is 0 Å². The Bertz CT molecular complexity index is 2130. The normalized spacial score (nSPS) is 16.9. The van der Waals surface area contributed by atoms with Crippen molar-refractivity contribution in [2.75, 3.05) is 127 Å². The number of esters is 1. The van der Waals surface area contributed by atoms with Crippen molar-refractivity contribution in [2.24, 2.45) is 23.3 Å². The molecule has 6 N–H and O–H groups in total. The number of aliphatic hydroxyl groups is 1. The molecule has 5 rings (SSSR count). The van der Waals surface area contributed by atoms with Crippen LogP contribution in [0, 0.1) is 24.2 Å². The van der Waals surface area contributed by atoms with Crippen molar-refractivity contribution in [3.63, 3.8) is 0 Å². The molecule has 2 fully saturated rings. The average molecular weight is 1010 g/mol. The van der Waals surface area contributed by atoms with Crippen LogP contribution in [0.2, 0.25) is 0 Å². The van der Waals surface area contributed by atoms with Gasteiger partial charge < -0.3 is 72.8 Å². The number of terminal acetylenes is 1. The van der Waals surface area contributed by atoms with Crippen LogP contribution in [-0.2, 0) is 33.3 Å². The molecule has 0 radical (unpaired) electrons. The second kappa shape index (κ2) is 27.8. The molecule has 390 valence electrons. The maximum absolute atomic E-state index is 14.2. The van der Waals surface area contributed by atoms with Gasteiger partial charge in [0.2, 0.25) is 29.7 Å². The molecule has 0 bridgehead atoms. The van der Waals surface area contributed by atoms with Crippen molar-refractivity contribution in [1.29, 1.82) is 0 Å². The van der Waals surface area contributed by atoms with E-state index >= 15 is 0 Å². The van der Waals surface area contributed by atoms with Crippen LogP contribution in [0.5, 0.6) is 0 Å². The van der Waals surface area contributed by atoms with Crippen LogP contribution >= 0.6 is 0 Å². The Morgan fingerprint density at radius 2 is 1.21 bits per heavy atom. The number of carbonyl (C=O) groups is 3. The smallest absolute Gasteiger partial charge is 0.490 e. The summed E-state index contributed by atoms with van der Waals surface area (Å²) in [6, 6.07) is -3.36. The van der Waals surface area contributed by atoms with Crippen LogP contribution in [0.25, 0.3) is 0 Å². The van der Waals surface area contributed by atoms with Crippen molar-refractivity contribution in [1.82, 2.24) is 54.7 Å². The number of halogens is 4. The zero-order chi connectivity index (χ0) is 50.1. The highest BCUT2D eigenvalue weighted by atomic mass is 35.5. The number of aromatic nitrogens is 9. The molecule has 5 heterocycles. The fraction of sp³-hybridized carbons (Fsp3) is 0.714. The highest BCUT2D eigenvalue weighted by Crippen LogP contribution is 2.28. The second-order valence-corrected chi connectivity index (χ2v) is 16.7. The first-order chi connectivity index (χ1) is 33.1. The lowest BCUT2D eigenvalue weighted by molar-refractivity contribution is -0.200. The van der Waals surface area contributed by atoms with Gasteiger partial charge in [-0.05, 0) is 11.8 Å². The highest BCUT2D eigenvalue weighted by molar-refractivity contribution is 5.81. The van der Waals surface area contributed by atoms with E-state index in [1.165, 1.54) is 15.6 Å². The lowest BCUT2D eigenvalue weighted by Gasteiger charge is -2.38. The topological polar surface area (TPSA) is 285 Å². The van der Waals surface area contributed by atoms with E-state index in [9.17, 15) is 32.7 Å². The van der Waals surface area contributed by atoms with E-state index in [1.807, 2.05) is 37.5 Å². The number of anilines is 3. The summed E-state index contributed by atoms with van der Waals surface area (Å²) < 4.78 is 61.6. The Kier molecular flexibility index (Phi) is 22.7. The molecule has 28 heteroatoms. The molecule has 0 aromatic carbocycles. The molecular formula is C42H65ClF3N16O8-. The Balaban J connectivity index is 0.0000107. The third kappa shape index (κ3) is 15.8. The molecule has 0 aliphatic carbocycles. The van der Waals surface area contributed by atoms with Gasteiger partial charge in [0.15, 0.2) is 0 Å². The summed E-state index contributed by atoms with van der Waals surface area (Å²) in [5, 5.41) is 29.2. The van der Waals surface area contributed by atoms with Crippen molar-refractivity contribution in [3.05, 3.63) is 23.8 Å². The fourth-order valence-electron chi connectivity index (χ4n) is 7.45. The van der Waals surface area contributed by atoms with Gasteiger partial charge in [0, 0.05) is 58.9 Å². The zero-order valence-corrected chi connectivity index (χ0v) is 40.7. The van der Waals surface area contributed by atoms with Gasteiger partial charge >= 0.3 is 12.1 Å². The number of aliphatic hydroxyl groups excluding tert-OH is 1. The predicted molar refractivity (Wildman–Crippen MR) is 242 cm³/mol. The zero-order valence-electron chi connectivity index (χ0n) is 39.9. The van der Waals surface area contributed by atoms with E-state index in [2.05, 4.69) is 36.6 Å². The summed E-state index contributed by atoms with van der Waals surface area (Å²) in [7, 11) is 0. The monoisotopic (exact) mass is 1010 g/mol. The molecule has 0 saturated carbocycles. The number of hydrogen-bond donors (Lipinski definition) is 4. The van der Waals surface area contributed by atoms with E-state index in [0.717, 1.165) is 0 Å². The minimum Gasteiger partial charge on any atom is -1.00 e. The Labute approximate surface area is 410 Å². The molecule has 6 atom stereocenters. The minimum absolute atomic E-state index is 0. The number of nitrogens with two attached hydrogens (primary N) is 2. The van der Waals surface area contributed by atoms with Gasteiger partial charge in [-0.3, -0.25) is 9.59 Å². The van der Waals surface area contributed by atoms with Crippen LogP contribution < -0.4 is 39.0 Å². The first-order valence-electron chi connectivity index (χ1n) is 23.0. The van der Waals surface area contributed by atoms with E-state index in [1.54, 1.807) is 16.0 Å². The molecule has 0 spiro atoms. The van der Waals surface area contributed by atoms with Crippen LogP contribution in [0.1, 0.15) is 76.1 Å². The number of alkyl halides is 3. The van der Waals surface area contributed by atoms with Gasteiger partial charge in [-0.1, -0.05) is 56.9 Å². The summed E-state index contributed by atoms with van der Waals surface area (Å²) in [5.41, 5.74) is 12.4. The molecule has 3 aromatic heterocycles. The molecule has 2 aliphatic heterocycles. The third-order valence-corrected chi connectivity index (χ3v) is 11.9. The third-order valence-electron chi connectivity index (χ3n) is 11.9. The summed E-state index contributed by atoms with van der Waals surface area (Å²) >= 11 is 0. The standard InChI is InChI=1S/C42H65F3N16O8.ClH/c1-6-18-66-20-22-68-23-21-67-19-9-48-39-49-40(58-14-10-56(11-15-58)36(63)34(28(4)7-2)60-24-32(52-54-60)30(46)26-62)51-41(50-39)59-16-12-57(13-17-59)37(64)35(29(5)8-3)61-25-33(53-55-61)31(47)27-69-38(65)42(43,44)45;/h1,24-25,28-31,34-35,62H,7-23,26-27,46-47H2,2-5H3,(H,48,49,50,51);1H/p-1. The first-order valence-corrected chi connectivity index (χ1v) is 23.0. The molecule has 6 unspecified atom stereocenters. The molecule has 24 nitrogen and oxygen atoms in total. The maximum atomic E-state index is 14.2. The van der Waals surface area contributed by atoms with Crippen LogP contribution in [0.4, 0.5) is 31.0 Å². The largest absolute Gasteiger partial charge is 1.00 e. The Morgan fingerprint density at radius 3 is 1.66 bits per heavy atom. The van der Waals surface area contributed by atoms with Crippen molar-refractivity contribution in [2.45, 2.75) is 70.9 Å². The van der Waals surface area contributed by atoms with Gasteiger partial charge in [-0.25, -0.2) is 14.2 Å². The number of hydrogen-bond acceptors (Lipinski definition) is 20. The SMILES string of the molecule is C#CCOCCOCCOCCNc1nc(N2CCN(C(=O)C(C(C)CC)n3cc(C(N)CO)nn3)CC2)nc(N2CCN(C(=O)C(C(C)CC)n3cc(C(N)COC(=O)C(F)(F)F)nn3)CC2)n1.[Cl-]. The molecule has 2 saturated heterocycles. The minimum atomic E-state index is -5.17. The number of piperazine rings is 2. The van der Waals surface area contributed by atoms with Crippen LogP contribution in [-0.4, -0.2) is 196 Å². The van der Waals surface area contributed by atoms with Crippen molar-refractivity contribution < 1.29 is 64.0 Å². The highest BCUT2D eigenvalue weighted by Gasteiger charge is 2.41. The molecule has 2 amide bonds. The fourth-order valence-corrected chi connectivity index (χ4v) is 7.45. The van der Waals surface area contributed by atoms with Gasteiger partial charge in [0.1, 0.15) is 36.7 Å². The summed E-state index contributed by atoms with van der Waals surface area (Å²) in [5.74, 6) is 0.483. The lowest BCUT2D eigenvalue weighted by Crippen LogP contribution is -3.00. The van der Waals surface area contributed by atoms with Gasteiger partial charge in [0.05, 0.1) is 64.1 Å². The predicted octanol–water partition coefficient (Wildman–Crippen LogP) is -2.88. The second-order valence-electron chi connectivity index (χ2n) is 16.7. The number of nitrogens with zero attached hydrogens (tertiary/aromatic N) is 13. The molecule has 3 aromatic rings. The summed E-state index contributed by atoms with van der Waals surface area (Å²) in [6.45, 7) is 12.0. The molecular weight excluding hydrogens is 949 g/mol. The van der Waals surface area contributed by atoms with E-state index in [-0.39, 0.29) is 55.0 Å². The van der Waals surface area contributed by atoms with Crippen molar-refractivity contribution in [3.8, 4) is 12.3 Å². The molecule has 2 aliphatic rings. The lowest BCUT2D eigenvalue weighted by atomic mass is 9.97.